The molecule has 0 aromatic carbocycles. The molecule has 2 nitrogen and oxygen atoms in total. The van der Waals surface area contributed by atoms with Crippen LogP contribution in [0.25, 0.3) is 0 Å². The Morgan fingerprint density at radius 1 is 0.778 bits per heavy atom. The minimum atomic E-state index is -7.29. The van der Waals surface area contributed by atoms with Gasteiger partial charge in [-0.2, -0.15) is 35.6 Å². The Bertz CT molecular complexity index is 327. The summed E-state index contributed by atoms with van der Waals surface area (Å²) in [6.07, 6.45) is -18.1. The van der Waals surface area contributed by atoms with E-state index < -0.39 is 35.5 Å². The van der Waals surface area contributed by atoms with Crippen LogP contribution in [0.5, 0.6) is 0 Å². The minimum Gasteiger partial charge on any atom is -0.234 e. The summed E-state index contributed by atoms with van der Waals surface area (Å²) >= 11 is 0. The van der Waals surface area contributed by atoms with Gasteiger partial charge in [-0.05, 0) is 0 Å². The number of alkyl halides is 10. The lowest BCUT2D eigenvalue weighted by Crippen LogP contribution is -2.65. The van der Waals surface area contributed by atoms with Crippen molar-refractivity contribution in [1.82, 2.24) is 4.90 Å². The number of nitrogens with zero attached hydrogens (tertiary/aromatic N) is 1. The molecule has 0 aliphatic carbocycles. The van der Waals surface area contributed by atoms with Crippen LogP contribution in [0.2, 0.25) is 0 Å². The minimum absolute atomic E-state index is 3.44. The van der Waals surface area contributed by atoms with Gasteiger partial charge in [-0.15, -0.1) is 17.6 Å². The lowest BCUT2D eigenvalue weighted by molar-refractivity contribution is -0.419. The van der Waals surface area contributed by atoms with Gasteiger partial charge in [0.1, 0.15) is 0 Å². The van der Waals surface area contributed by atoms with E-state index in [0.29, 0.717) is 0 Å². The molecule has 108 valence electrons. The van der Waals surface area contributed by atoms with Gasteiger partial charge in [-0.25, -0.2) is 4.79 Å². The van der Waals surface area contributed by atoms with Gasteiger partial charge in [0.25, 0.3) is 0 Å². The first-order valence-electron chi connectivity index (χ1n) is 3.45. The van der Waals surface area contributed by atoms with E-state index in [4.69, 9.17) is 0 Å². The van der Waals surface area contributed by atoms with E-state index in [1.54, 1.807) is 0 Å². The summed E-state index contributed by atoms with van der Waals surface area (Å²) in [5, 5.41) is 0. The van der Waals surface area contributed by atoms with Crippen molar-refractivity contribution >= 4 is 6.16 Å². The molecule has 0 unspecified atom stereocenters. The lowest BCUT2D eigenvalue weighted by atomic mass is 10.2. The highest BCUT2D eigenvalue weighted by atomic mass is 19.4. The zero-order valence-corrected chi connectivity index (χ0v) is 7.51. The molecule has 0 aliphatic rings. The first-order chi connectivity index (χ1) is 7.57. The van der Waals surface area contributed by atoms with E-state index in [1.807, 2.05) is 0 Å². The third-order valence-electron chi connectivity index (χ3n) is 1.44. The van der Waals surface area contributed by atoms with E-state index in [9.17, 15) is 53.1 Å². The maximum absolute atomic E-state index is 12.4. The van der Waals surface area contributed by atoms with Gasteiger partial charge in [0.2, 0.25) is 0 Å². The van der Waals surface area contributed by atoms with Crippen LogP contribution in [0.4, 0.5) is 53.1 Å². The zero-order chi connectivity index (χ0) is 15.2. The Balaban J connectivity index is 5.81. The highest BCUT2D eigenvalue weighted by Crippen LogP contribution is 2.50. The third-order valence-corrected chi connectivity index (χ3v) is 1.44. The molecule has 0 radical (unpaired) electrons. The third kappa shape index (κ3) is 2.58. The summed E-state index contributed by atoms with van der Waals surface area (Å²) in [6.45, 7) is 0. The van der Waals surface area contributed by atoms with Crippen molar-refractivity contribution in [2.24, 2.45) is 0 Å². The van der Waals surface area contributed by atoms with Crippen LogP contribution in [0.15, 0.2) is 0 Å². The van der Waals surface area contributed by atoms with Crippen LogP contribution in [0, 0.1) is 0 Å². The number of carbonyl (C=O) groups is 1. The maximum atomic E-state index is 12.4. The molecule has 0 spiro atoms. The Hall–Kier alpha value is -1.30. The number of amides is 1. The van der Waals surface area contributed by atoms with Crippen LogP contribution in [-0.2, 0) is 0 Å². The number of halogens is 11. The predicted octanol–water partition coefficient (Wildman–Crippen LogP) is 3.69. The quantitative estimate of drug-likeness (QED) is 0.432. The molecule has 0 aromatic heterocycles. The molecule has 0 aliphatic heterocycles. The van der Waals surface area contributed by atoms with Gasteiger partial charge in [-0.1, -0.05) is 0 Å². The largest absolute Gasteiger partial charge is 0.494 e. The maximum Gasteiger partial charge on any atom is 0.494 e. The average molecular weight is 299 g/mol. The van der Waals surface area contributed by atoms with Gasteiger partial charge < -0.3 is 0 Å². The standard InChI is InChI=1S/C5F11NO/c6-1(18)17(5(14,15)16)4(12,13)2(7,8)3(9,10)11. The van der Waals surface area contributed by atoms with Crippen LogP contribution in [-0.4, -0.2) is 35.5 Å². The molecule has 0 bridgehead atoms. The molecule has 1 amide bonds. The van der Waals surface area contributed by atoms with Crippen LogP contribution >= 0.6 is 0 Å². The molecule has 0 heterocycles. The smallest absolute Gasteiger partial charge is 0.234 e. The molecule has 0 N–H and O–H groups in total. The van der Waals surface area contributed by atoms with Crippen molar-refractivity contribution in [2.45, 2.75) is 24.4 Å². The van der Waals surface area contributed by atoms with Crippen LogP contribution < -0.4 is 0 Å². The first-order valence-corrected chi connectivity index (χ1v) is 3.45. The molecular weight excluding hydrogens is 299 g/mol. The van der Waals surface area contributed by atoms with E-state index in [1.165, 1.54) is 0 Å². The molecule has 0 fully saturated rings. The Kier molecular flexibility index (Phi) is 3.82. The normalized spacial score (nSPS) is 14.6. The second-order valence-corrected chi connectivity index (χ2v) is 2.67. The highest BCUT2D eigenvalue weighted by molar-refractivity contribution is 5.67. The SMILES string of the molecule is O=C(F)N(C(F)(F)F)C(F)(F)C(F)(F)C(F)(F)F. The van der Waals surface area contributed by atoms with Crippen molar-refractivity contribution in [1.29, 1.82) is 0 Å². The molecular formula is C5F11NO. The molecule has 18 heavy (non-hydrogen) atoms. The Morgan fingerprint density at radius 3 is 1.28 bits per heavy atom. The monoisotopic (exact) mass is 299 g/mol. The summed E-state index contributed by atoms with van der Waals surface area (Å²) in [5.74, 6) is -7.29. The topological polar surface area (TPSA) is 20.3 Å². The molecule has 0 saturated carbocycles. The fourth-order valence-electron chi connectivity index (χ4n) is 0.680. The molecule has 0 rings (SSSR count). The Labute approximate surface area is 89.9 Å². The molecule has 13 heteroatoms. The Morgan fingerprint density at radius 2 is 1.11 bits per heavy atom. The molecule has 0 saturated heterocycles. The van der Waals surface area contributed by atoms with Gasteiger partial charge in [0.15, 0.2) is 0 Å². The summed E-state index contributed by atoms with van der Waals surface area (Å²) < 4.78 is 130. The van der Waals surface area contributed by atoms with Crippen molar-refractivity contribution in [3.8, 4) is 0 Å². The summed E-state index contributed by atoms with van der Waals surface area (Å²) in [6, 6.07) is -7.17. The van der Waals surface area contributed by atoms with Crippen molar-refractivity contribution < 1.29 is 53.1 Å². The van der Waals surface area contributed by atoms with Crippen LogP contribution in [0.1, 0.15) is 0 Å². The second kappa shape index (κ2) is 4.12. The fraction of sp³-hybridized carbons (Fsp3) is 0.800. The molecule has 0 aromatic rings. The summed E-state index contributed by atoms with van der Waals surface area (Å²) in [7, 11) is 0. The highest BCUT2D eigenvalue weighted by Gasteiger charge is 2.79. The summed E-state index contributed by atoms with van der Waals surface area (Å²) in [5.41, 5.74) is 0. The fourth-order valence-corrected chi connectivity index (χ4v) is 0.680. The number of carbonyl (C=O) groups excluding carboxylic acids is 1. The van der Waals surface area contributed by atoms with E-state index >= 15 is 0 Å². The van der Waals surface area contributed by atoms with Gasteiger partial charge in [0.05, 0.1) is 0 Å². The van der Waals surface area contributed by atoms with Gasteiger partial charge in [-0.3, -0.25) is 0 Å². The van der Waals surface area contributed by atoms with Crippen molar-refractivity contribution in [2.75, 3.05) is 0 Å². The van der Waals surface area contributed by atoms with Crippen molar-refractivity contribution in [3.63, 3.8) is 0 Å². The van der Waals surface area contributed by atoms with E-state index in [-0.39, 0.29) is 0 Å². The zero-order valence-electron chi connectivity index (χ0n) is 7.51. The summed E-state index contributed by atoms with van der Waals surface area (Å²) in [4.78, 5) is 6.13. The predicted molar refractivity (Wildman–Crippen MR) is 30.3 cm³/mol. The van der Waals surface area contributed by atoms with E-state index in [2.05, 4.69) is 0 Å². The average Bonchev–Trinajstić information content (AvgIpc) is 1.95. The number of rotatable bonds is 2. The van der Waals surface area contributed by atoms with E-state index in [0.717, 1.165) is 0 Å². The second-order valence-electron chi connectivity index (χ2n) is 2.67. The van der Waals surface area contributed by atoms with Crippen LogP contribution in [0.3, 0.4) is 0 Å². The molecule has 0 atom stereocenters. The number of hydrogen-bond acceptors (Lipinski definition) is 1. The van der Waals surface area contributed by atoms with Crippen molar-refractivity contribution in [3.05, 3.63) is 0 Å². The van der Waals surface area contributed by atoms with Gasteiger partial charge in [0, 0.05) is 0 Å². The first kappa shape index (κ1) is 16.7. The van der Waals surface area contributed by atoms with Gasteiger partial charge >= 0.3 is 30.6 Å². The lowest BCUT2D eigenvalue weighted by Gasteiger charge is -2.35. The number of hydrogen-bond donors (Lipinski definition) is 0.